The second-order valence-electron chi connectivity index (χ2n) is 6.87. The van der Waals surface area contributed by atoms with Crippen molar-refractivity contribution in [1.29, 1.82) is 0 Å². The van der Waals surface area contributed by atoms with Gasteiger partial charge in [0, 0.05) is 32.4 Å². The van der Waals surface area contributed by atoms with E-state index in [0.717, 1.165) is 43.3 Å². The molecular formula is C21H26N6S. The zero-order chi connectivity index (χ0) is 19.2. The van der Waals surface area contributed by atoms with Crippen LogP contribution in [-0.2, 0) is 6.54 Å². The van der Waals surface area contributed by atoms with Crippen molar-refractivity contribution in [3.8, 4) is 5.69 Å². The summed E-state index contributed by atoms with van der Waals surface area (Å²) in [4.78, 5) is 6.85. The van der Waals surface area contributed by atoms with E-state index in [1.807, 2.05) is 65.7 Å². The molecule has 0 atom stereocenters. The fourth-order valence-corrected chi connectivity index (χ4v) is 4.22. The number of benzene rings is 1. The zero-order valence-electron chi connectivity index (χ0n) is 16.1. The average Bonchev–Trinajstić information content (AvgIpc) is 3.44. The summed E-state index contributed by atoms with van der Waals surface area (Å²) >= 11 is 1.82. The molecule has 1 saturated heterocycles. The number of thiophene rings is 1. The molecule has 1 aliphatic heterocycles. The first kappa shape index (κ1) is 18.6. The Labute approximate surface area is 169 Å². The van der Waals surface area contributed by atoms with Crippen molar-refractivity contribution >= 4 is 22.3 Å². The van der Waals surface area contributed by atoms with Crippen LogP contribution in [0.4, 0.5) is 5.00 Å². The van der Waals surface area contributed by atoms with Gasteiger partial charge < -0.3 is 15.5 Å². The van der Waals surface area contributed by atoms with Crippen LogP contribution in [0, 0.1) is 0 Å². The van der Waals surface area contributed by atoms with Gasteiger partial charge in [-0.15, -0.1) is 11.3 Å². The third kappa shape index (κ3) is 4.54. The van der Waals surface area contributed by atoms with Gasteiger partial charge in [0.05, 0.1) is 22.9 Å². The average molecular weight is 395 g/mol. The first-order chi connectivity index (χ1) is 13.8. The number of anilines is 1. The highest BCUT2D eigenvalue weighted by atomic mass is 32.1. The molecule has 0 aliphatic carbocycles. The Hall–Kier alpha value is -2.80. The van der Waals surface area contributed by atoms with Crippen LogP contribution < -0.4 is 15.5 Å². The van der Waals surface area contributed by atoms with Crippen LogP contribution in [0.2, 0.25) is 0 Å². The molecule has 0 unspecified atom stereocenters. The molecule has 2 N–H and O–H groups in total. The topological polar surface area (TPSA) is 57.5 Å². The number of aromatic nitrogens is 2. The molecule has 0 amide bonds. The monoisotopic (exact) mass is 394 g/mol. The Balaban J connectivity index is 1.26. The summed E-state index contributed by atoms with van der Waals surface area (Å²) in [5.41, 5.74) is 2.05. The number of nitrogens with one attached hydrogen (secondary N) is 2. The van der Waals surface area contributed by atoms with E-state index in [4.69, 9.17) is 0 Å². The minimum Gasteiger partial charge on any atom is -0.363 e. The third-order valence-electron chi connectivity index (χ3n) is 4.98. The van der Waals surface area contributed by atoms with E-state index in [2.05, 4.69) is 43.1 Å². The van der Waals surface area contributed by atoms with Crippen LogP contribution in [0.3, 0.4) is 0 Å². The van der Waals surface area contributed by atoms with Gasteiger partial charge >= 0.3 is 0 Å². The van der Waals surface area contributed by atoms with Crippen LogP contribution in [0.5, 0.6) is 0 Å². The smallest absolute Gasteiger partial charge is 0.191 e. The Kier molecular flexibility index (Phi) is 5.92. The Morgan fingerprint density at radius 1 is 1.14 bits per heavy atom. The fraction of sp³-hybridized carbons (Fsp3) is 0.333. The molecule has 0 saturated carbocycles. The SMILES string of the molecule is CN=C(NCc1ccn(-c2ccccc2)n1)NC1CCN(c2cccs2)CC1. The van der Waals surface area contributed by atoms with Gasteiger partial charge in [0.1, 0.15) is 0 Å². The number of guanidine groups is 1. The Morgan fingerprint density at radius 2 is 1.96 bits per heavy atom. The van der Waals surface area contributed by atoms with E-state index in [1.165, 1.54) is 5.00 Å². The number of hydrogen-bond donors (Lipinski definition) is 2. The van der Waals surface area contributed by atoms with E-state index in [0.29, 0.717) is 12.6 Å². The van der Waals surface area contributed by atoms with Crippen molar-refractivity contribution in [3.63, 3.8) is 0 Å². The normalized spacial score (nSPS) is 15.6. The van der Waals surface area contributed by atoms with Crippen LogP contribution >= 0.6 is 11.3 Å². The van der Waals surface area contributed by atoms with Gasteiger partial charge in [-0.25, -0.2) is 4.68 Å². The first-order valence-corrected chi connectivity index (χ1v) is 10.6. The maximum Gasteiger partial charge on any atom is 0.191 e. The van der Waals surface area contributed by atoms with Crippen molar-refractivity contribution in [1.82, 2.24) is 20.4 Å². The van der Waals surface area contributed by atoms with E-state index in [1.54, 1.807) is 0 Å². The zero-order valence-corrected chi connectivity index (χ0v) is 16.9. The summed E-state index contributed by atoms with van der Waals surface area (Å²) in [5.74, 6) is 0.837. The maximum atomic E-state index is 4.64. The molecule has 3 heterocycles. The molecule has 1 aromatic carbocycles. The van der Waals surface area contributed by atoms with E-state index >= 15 is 0 Å². The molecule has 6 nitrogen and oxygen atoms in total. The summed E-state index contributed by atoms with van der Waals surface area (Å²) in [6.07, 6.45) is 4.21. The van der Waals surface area contributed by atoms with Gasteiger partial charge in [-0.05, 0) is 48.6 Å². The molecule has 1 fully saturated rings. The van der Waals surface area contributed by atoms with Gasteiger partial charge in [0.15, 0.2) is 5.96 Å². The molecule has 28 heavy (non-hydrogen) atoms. The highest BCUT2D eigenvalue weighted by molar-refractivity contribution is 7.14. The minimum atomic E-state index is 0.448. The summed E-state index contributed by atoms with van der Waals surface area (Å²) < 4.78 is 1.90. The lowest BCUT2D eigenvalue weighted by Crippen LogP contribution is -2.48. The number of piperidine rings is 1. The van der Waals surface area contributed by atoms with Crippen molar-refractivity contribution in [2.75, 3.05) is 25.0 Å². The molecule has 2 aromatic heterocycles. The molecule has 0 bridgehead atoms. The number of para-hydroxylation sites is 1. The van der Waals surface area contributed by atoms with Crippen molar-refractivity contribution in [2.24, 2.45) is 4.99 Å². The van der Waals surface area contributed by atoms with Gasteiger partial charge in [-0.2, -0.15) is 5.10 Å². The lowest BCUT2D eigenvalue weighted by atomic mass is 10.1. The van der Waals surface area contributed by atoms with Crippen molar-refractivity contribution in [2.45, 2.75) is 25.4 Å². The molecular weight excluding hydrogens is 368 g/mol. The molecule has 4 rings (SSSR count). The highest BCUT2D eigenvalue weighted by Crippen LogP contribution is 2.24. The standard InChI is InChI=1S/C21H26N6S/c1-22-21(24-17-9-12-26(13-10-17)20-8-5-15-28-20)23-16-18-11-14-27(25-18)19-6-3-2-4-7-19/h2-8,11,14-15,17H,9-10,12-13,16H2,1H3,(H2,22,23,24). The van der Waals surface area contributed by atoms with Crippen molar-refractivity contribution < 1.29 is 0 Å². The number of nitrogens with zero attached hydrogens (tertiary/aromatic N) is 4. The molecule has 0 spiro atoms. The summed E-state index contributed by atoms with van der Waals surface area (Å²) in [6.45, 7) is 2.81. The van der Waals surface area contributed by atoms with Crippen LogP contribution in [0.15, 0.2) is 65.1 Å². The fourth-order valence-electron chi connectivity index (χ4n) is 3.44. The van der Waals surface area contributed by atoms with E-state index in [-0.39, 0.29) is 0 Å². The van der Waals surface area contributed by atoms with E-state index in [9.17, 15) is 0 Å². The predicted octanol–water partition coefficient (Wildman–Crippen LogP) is 3.27. The van der Waals surface area contributed by atoms with Crippen LogP contribution in [0.1, 0.15) is 18.5 Å². The van der Waals surface area contributed by atoms with Crippen LogP contribution in [0.25, 0.3) is 5.69 Å². The predicted molar refractivity (Wildman–Crippen MR) is 116 cm³/mol. The van der Waals surface area contributed by atoms with Gasteiger partial charge in [-0.1, -0.05) is 18.2 Å². The summed E-state index contributed by atoms with van der Waals surface area (Å²) in [6, 6.07) is 16.9. The van der Waals surface area contributed by atoms with Gasteiger partial charge in [-0.3, -0.25) is 4.99 Å². The third-order valence-corrected chi connectivity index (χ3v) is 5.91. The summed E-state index contributed by atoms with van der Waals surface area (Å²) in [7, 11) is 1.82. The number of aliphatic imine (C=N–C) groups is 1. The molecule has 7 heteroatoms. The minimum absolute atomic E-state index is 0.448. The Bertz CT molecular complexity index is 879. The van der Waals surface area contributed by atoms with Gasteiger partial charge in [0.25, 0.3) is 0 Å². The molecule has 3 aromatic rings. The molecule has 146 valence electrons. The second-order valence-corrected chi connectivity index (χ2v) is 7.80. The Morgan fingerprint density at radius 3 is 2.68 bits per heavy atom. The molecule has 1 aliphatic rings. The second kappa shape index (κ2) is 8.93. The molecule has 0 radical (unpaired) electrons. The van der Waals surface area contributed by atoms with Gasteiger partial charge in [0.2, 0.25) is 0 Å². The van der Waals surface area contributed by atoms with E-state index < -0.39 is 0 Å². The maximum absolute atomic E-state index is 4.64. The number of hydrogen-bond acceptors (Lipinski definition) is 4. The lowest BCUT2D eigenvalue weighted by Gasteiger charge is -2.33. The summed E-state index contributed by atoms with van der Waals surface area (Å²) in [5, 5.41) is 15.1. The quantitative estimate of drug-likeness (QED) is 0.515. The lowest BCUT2D eigenvalue weighted by molar-refractivity contribution is 0.462. The van der Waals surface area contributed by atoms with Crippen molar-refractivity contribution in [3.05, 3.63) is 65.8 Å². The van der Waals surface area contributed by atoms with Crippen LogP contribution in [-0.4, -0.2) is 41.9 Å². The first-order valence-electron chi connectivity index (χ1n) is 9.67. The number of rotatable bonds is 5. The highest BCUT2D eigenvalue weighted by Gasteiger charge is 2.20. The largest absolute Gasteiger partial charge is 0.363 e.